The molecule has 0 unspecified atom stereocenters. The van der Waals surface area contributed by atoms with E-state index in [0.29, 0.717) is 0 Å². The first-order chi connectivity index (χ1) is 7.67. The first-order valence-electron chi connectivity index (χ1n) is 4.17. The fraction of sp³-hybridized carbons (Fsp3) is 0.125. The minimum atomic E-state index is -0.636. The number of ether oxygens (including phenoxy) is 1. The van der Waals surface area contributed by atoms with Crippen LogP contribution in [0.3, 0.4) is 0 Å². The van der Waals surface area contributed by atoms with Gasteiger partial charge in [-0.15, -0.1) is 5.10 Å². The molecule has 2 N–H and O–H groups in total. The van der Waals surface area contributed by atoms with E-state index in [1.165, 1.54) is 17.8 Å². The minimum Gasteiger partial charge on any atom is -0.464 e. The van der Waals surface area contributed by atoms with Crippen molar-refractivity contribution < 1.29 is 9.53 Å². The van der Waals surface area contributed by atoms with Gasteiger partial charge in [0.05, 0.1) is 13.3 Å². The zero-order valence-corrected chi connectivity index (χ0v) is 8.21. The summed E-state index contributed by atoms with van der Waals surface area (Å²) in [6, 6.07) is 1.82. The average Bonchev–Trinajstić information content (AvgIpc) is 2.71. The van der Waals surface area contributed by atoms with Crippen molar-refractivity contribution in [2.75, 3.05) is 12.8 Å². The lowest BCUT2D eigenvalue weighted by atomic mass is 10.3. The van der Waals surface area contributed by atoms with Crippen LogP contribution < -0.4 is 5.73 Å². The number of hydrogen-bond acceptors (Lipinski definition) is 7. The Kier molecular flexibility index (Phi) is 2.13. The number of nitrogen functional groups attached to an aromatic ring is 1. The largest absolute Gasteiger partial charge is 0.464 e. The number of nitriles is 1. The molecule has 2 aromatic rings. The van der Waals surface area contributed by atoms with E-state index >= 15 is 0 Å². The lowest BCUT2D eigenvalue weighted by molar-refractivity contribution is 0.0593. The Morgan fingerprint density at radius 2 is 2.44 bits per heavy atom. The van der Waals surface area contributed by atoms with Crippen molar-refractivity contribution in [2.45, 2.75) is 0 Å². The Balaban J connectivity index is 2.71. The molecule has 8 nitrogen and oxygen atoms in total. The molecule has 0 aliphatic carbocycles. The number of rotatable bonds is 1. The van der Waals surface area contributed by atoms with Gasteiger partial charge in [0.2, 0.25) is 0 Å². The van der Waals surface area contributed by atoms with E-state index in [-0.39, 0.29) is 22.7 Å². The van der Waals surface area contributed by atoms with Crippen molar-refractivity contribution >= 4 is 17.3 Å². The number of carbonyl (C=O) groups is 1. The summed E-state index contributed by atoms with van der Waals surface area (Å²) in [5, 5.41) is 16.0. The molecule has 0 fully saturated rings. The van der Waals surface area contributed by atoms with E-state index in [2.05, 4.69) is 20.0 Å². The van der Waals surface area contributed by atoms with Crippen LogP contribution in [0.15, 0.2) is 6.20 Å². The van der Waals surface area contributed by atoms with Gasteiger partial charge in [-0.25, -0.2) is 14.3 Å². The molecule has 0 aromatic carbocycles. The smallest absolute Gasteiger partial charge is 0.358 e. The van der Waals surface area contributed by atoms with Crippen molar-refractivity contribution in [1.82, 2.24) is 19.8 Å². The minimum absolute atomic E-state index is 0.00175. The summed E-state index contributed by atoms with van der Waals surface area (Å²) >= 11 is 0. The SMILES string of the molecule is COC(=O)c1cn2nnc(C#N)c2c(N)n1. The zero-order valence-electron chi connectivity index (χ0n) is 8.21. The van der Waals surface area contributed by atoms with Crippen molar-refractivity contribution in [3.05, 3.63) is 17.6 Å². The number of esters is 1. The highest BCUT2D eigenvalue weighted by atomic mass is 16.5. The van der Waals surface area contributed by atoms with E-state index in [9.17, 15) is 4.79 Å². The Morgan fingerprint density at radius 3 is 3.06 bits per heavy atom. The van der Waals surface area contributed by atoms with Gasteiger partial charge in [-0.3, -0.25) is 0 Å². The second kappa shape index (κ2) is 3.47. The van der Waals surface area contributed by atoms with E-state index in [0.717, 1.165) is 0 Å². The molecular weight excluding hydrogens is 212 g/mol. The lowest BCUT2D eigenvalue weighted by Gasteiger charge is -2.01. The molecule has 0 aliphatic rings. The van der Waals surface area contributed by atoms with Crippen LogP contribution >= 0.6 is 0 Å². The molecule has 8 heteroatoms. The van der Waals surface area contributed by atoms with E-state index < -0.39 is 5.97 Å². The second-order valence-electron chi connectivity index (χ2n) is 2.85. The number of fused-ring (bicyclic) bond motifs is 1. The predicted octanol–water partition coefficient (Wildman–Crippen LogP) is -0.635. The Labute approximate surface area is 89.2 Å². The molecule has 0 radical (unpaired) electrons. The summed E-state index contributed by atoms with van der Waals surface area (Å²) in [6.07, 6.45) is 1.30. The van der Waals surface area contributed by atoms with Gasteiger partial charge < -0.3 is 10.5 Å². The van der Waals surface area contributed by atoms with Gasteiger partial charge >= 0.3 is 5.97 Å². The third-order valence-electron chi connectivity index (χ3n) is 1.92. The number of nitrogens with zero attached hydrogens (tertiary/aromatic N) is 5. The summed E-state index contributed by atoms with van der Waals surface area (Å²) in [5.41, 5.74) is 5.93. The molecule has 0 saturated carbocycles. The molecule has 0 saturated heterocycles. The molecule has 0 atom stereocenters. The van der Waals surface area contributed by atoms with Crippen LogP contribution in [0.2, 0.25) is 0 Å². The highest BCUT2D eigenvalue weighted by molar-refractivity contribution is 5.88. The van der Waals surface area contributed by atoms with Gasteiger partial charge in [-0.1, -0.05) is 5.21 Å². The Bertz CT molecular complexity index is 611. The first-order valence-corrected chi connectivity index (χ1v) is 4.17. The number of nitrogens with two attached hydrogens (primary N) is 1. The van der Waals surface area contributed by atoms with Crippen molar-refractivity contribution in [3.8, 4) is 6.07 Å². The fourth-order valence-electron chi connectivity index (χ4n) is 1.23. The van der Waals surface area contributed by atoms with Gasteiger partial charge in [-0.05, 0) is 0 Å². The summed E-state index contributed by atoms with van der Waals surface area (Å²) < 4.78 is 5.71. The summed E-state index contributed by atoms with van der Waals surface area (Å²) in [5.74, 6) is -0.632. The van der Waals surface area contributed by atoms with Crippen LogP contribution in [-0.2, 0) is 4.74 Å². The molecule has 2 aromatic heterocycles. The third-order valence-corrected chi connectivity index (χ3v) is 1.92. The number of hydrogen-bond donors (Lipinski definition) is 1. The molecule has 0 aliphatic heterocycles. The standard InChI is InChI=1S/C8H6N6O2/c1-16-8(15)5-3-14-6(7(10)11-5)4(2-9)12-13-14/h3H,1H3,(H2,10,11). The van der Waals surface area contributed by atoms with Crippen LogP contribution in [0.25, 0.3) is 5.52 Å². The van der Waals surface area contributed by atoms with Crippen LogP contribution in [0.4, 0.5) is 5.82 Å². The summed E-state index contributed by atoms with van der Waals surface area (Å²) in [7, 11) is 1.23. The highest BCUT2D eigenvalue weighted by Crippen LogP contribution is 2.14. The van der Waals surface area contributed by atoms with Crippen LogP contribution in [0, 0.1) is 11.3 Å². The van der Waals surface area contributed by atoms with Crippen molar-refractivity contribution in [3.63, 3.8) is 0 Å². The van der Waals surface area contributed by atoms with E-state index in [1.54, 1.807) is 0 Å². The monoisotopic (exact) mass is 218 g/mol. The van der Waals surface area contributed by atoms with Gasteiger partial charge in [0.15, 0.2) is 17.2 Å². The number of anilines is 1. The quantitative estimate of drug-likeness (QED) is 0.632. The summed E-state index contributed by atoms with van der Waals surface area (Å²) in [6.45, 7) is 0. The Hall–Kier alpha value is -2.69. The number of aromatic nitrogens is 4. The highest BCUT2D eigenvalue weighted by Gasteiger charge is 2.15. The maximum atomic E-state index is 11.2. The third kappa shape index (κ3) is 1.31. The van der Waals surface area contributed by atoms with Gasteiger partial charge in [0.1, 0.15) is 11.6 Å². The summed E-state index contributed by atoms with van der Waals surface area (Å²) in [4.78, 5) is 15.0. The number of methoxy groups -OCH3 is 1. The average molecular weight is 218 g/mol. The fourth-order valence-corrected chi connectivity index (χ4v) is 1.23. The van der Waals surface area contributed by atoms with Crippen LogP contribution in [0.1, 0.15) is 16.2 Å². The molecule has 16 heavy (non-hydrogen) atoms. The molecular formula is C8H6N6O2. The van der Waals surface area contributed by atoms with Crippen molar-refractivity contribution in [2.24, 2.45) is 0 Å². The van der Waals surface area contributed by atoms with E-state index in [4.69, 9.17) is 11.0 Å². The van der Waals surface area contributed by atoms with Crippen LogP contribution in [-0.4, -0.2) is 32.9 Å². The lowest BCUT2D eigenvalue weighted by Crippen LogP contribution is -2.09. The second-order valence-corrected chi connectivity index (χ2v) is 2.85. The normalized spacial score (nSPS) is 10.0. The maximum absolute atomic E-state index is 11.2. The maximum Gasteiger partial charge on any atom is 0.358 e. The predicted molar refractivity (Wildman–Crippen MR) is 51.2 cm³/mol. The topological polar surface area (TPSA) is 119 Å². The molecule has 2 heterocycles. The molecule has 0 bridgehead atoms. The molecule has 0 spiro atoms. The molecule has 2 rings (SSSR count). The Morgan fingerprint density at radius 1 is 1.69 bits per heavy atom. The van der Waals surface area contributed by atoms with Crippen LogP contribution in [0.5, 0.6) is 0 Å². The van der Waals surface area contributed by atoms with Gasteiger partial charge in [0.25, 0.3) is 0 Å². The molecule has 0 amide bonds. The first kappa shape index (κ1) is 9.85. The van der Waals surface area contributed by atoms with Gasteiger partial charge in [-0.2, -0.15) is 5.26 Å². The number of carbonyl (C=O) groups excluding carboxylic acids is 1. The van der Waals surface area contributed by atoms with Crippen molar-refractivity contribution in [1.29, 1.82) is 5.26 Å². The van der Waals surface area contributed by atoms with E-state index in [1.807, 2.05) is 6.07 Å². The zero-order chi connectivity index (χ0) is 11.7. The van der Waals surface area contributed by atoms with Gasteiger partial charge in [0, 0.05) is 0 Å². The molecule has 80 valence electrons.